The molecule has 0 atom stereocenters. The Bertz CT molecular complexity index is 451. The van der Waals surface area contributed by atoms with Crippen molar-refractivity contribution in [2.24, 2.45) is 0 Å². The third kappa shape index (κ3) is 3.64. The quantitative estimate of drug-likeness (QED) is 0.357. The molecule has 17 heavy (non-hydrogen) atoms. The van der Waals surface area contributed by atoms with Crippen molar-refractivity contribution in [3.05, 3.63) is 25.4 Å². The average molecular weight is 366 g/mol. The first-order chi connectivity index (χ1) is 7.74. The molecule has 0 saturated carbocycles. The lowest BCUT2D eigenvalue weighted by Gasteiger charge is -2.09. The summed E-state index contributed by atoms with van der Waals surface area (Å²) in [4.78, 5) is 12.5. The SMILES string of the molecule is O=[N+]([O-])c1cc(I)c(CF)nc1OC(F)(F)F. The second kappa shape index (κ2) is 4.98. The highest BCUT2D eigenvalue weighted by atomic mass is 127. The van der Waals surface area contributed by atoms with E-state index in [1.54, 1.807) is 0 Å². The van der Waals surface area contributed by atoms with E-state index in [1.807, 2.05) is 0 Å². The van der Waals surface area contributed by atoms with Crippen molar-refractivity contribution in [3.8, 4) is 5.88 Å². The van der Waals surface area contributed by atoms with Gasteiger partial charge in [-0.15, -0.1) is 13.2 Å². The van der Waals surface area contributed by atoms with Crippen molar-refractivity contribution < 1.29 is 27.2 Å². The van der Waals surface area contributed by atoms with Crippen LogP contribution in [0.5, 0.6) is 5.88 Å². The number of nitro groups is 1. The van der Waals surface area contributed by atoms with Crippen LogP contribution in [0.2, 0.25) is 0 Å². The Kier molecular flexibility index (Phi) is 4.06. The summed E-state index contributed by atoms with van der Waals surface area (Å²) in [5, 5.41) is 10.5. The van der Waals surface area contributed by atoms with Gasteiger partial charge in [0.25, 0.3) is 0 Å². The van der Waals surface area contributed by atoms with Gasteiger partial charge in [0.1, 0.15) is 6.67 Å². The first-order valence-electron chi connectivity index (χ1n) is 3.90. The lowest BCUT2D eigenvalue weighted by atomic mass is 10.3. The van der Waals surface area contributed by atoms with Crippen molar-refractivity contribution in [2.75, 3.05) is 0 Å². The molecule has 1 rings (SSSR count). The molecule has 0 radical (unpaired) electrons. The van der Waals surface area contributed by atoms with Crippen molar-refractivity contribution in [1.29, 1.82) is 0 Å². The van der Waals surface area contributed by atoms with Crippen LogP contribution >= 0.6 is 22.6 Å². The molecular weight excluding hydrogens is 363 g/mol. The molecule has 1 aromatic heterocycles. The van der Waals surface area contributed by atoms with Crippen LogP contribution in [-0.2, 0) is 6.67 Å². The largest absolute Gasteiger partial charge is 0.574 e. The number of hydrogen-bond acceptors (Lipinski definition) is 4. The second-order valence-electron chi connectivity index (χ2n) is 2.68. The monoisotopic (exact) mass is 366 g/mol. The summed E-state index contributed by atoms with van der Waals surface area (Å²) in [7, 11) is 0. The number of ether oxygens (including phenoxy) is 1. The summed E-state index contributed by atoms with van der Waals surface area (Å²) in [5.74, 6) is -1.27. The second-order valence-corrected chi connectivity index (χ2v) is 3.84. The van der Waals surface area contributed by atoms with Gasteiger partial charge in [0.05, 0.1) is 10.6 Å². The molecule has 0 aromatic carbocycles. The highest BCUT2D eigenvalue weighted by Crippen LogP contribution is 2.32. The lowest BCUT2D eigenvalue weighted by Crippen LogP contribution is -2.19. The third-order valence-corrected chi connectivity index (χ3v) is 2.46. The molecule has 1 heterocycles. The average Bonchev–Trinajstić information content (AvgIpc) is 2.17. The zero-order valence-electron chi connectivity index (χ0n) is 7.79. The molecular formula is C7H3F4IN2O3. The van der Waals surface area contributed by atoms with E-state index in [2.05, 4.69) is 9.72 Å². The van der Waals surface area contributed by atoms with Crippen LogP contribution in [0, 0.1) is 13.7 Å². The van der Waals surface area contributed by atoms with E-state index in [1.165, 1.54) is 22.6 Å². The normalized spacial score (nSPS) is 11.4. The topological polar surface area (TPSA) is 65.3 Å². The van der Waals surface area contributed by atoms with Crippen molar-refractivity contribution in [3.63, 3.8) is 0 Å². The molecule has 0 spiro atoms. The number of rotatable bonds is 3. The van der Waals surface area contributed by atoms with Gasteiger partial charge in [-0.1, -0.05) is 0 Å². The van der Waals surface area contributed by atoms with Gasteiger partial charge in [0.2, 0.25) is 0 Å². The number of aromatic nitrogens is 1. The number of pyridine rings is 1. The van der Waals surface area contributed by atoms with E-state index in [0.717, 1.165) is 6.07 Å². The molecule has 0 aliphatic rings. The van der Waals surface area contributed by atoms with Gasteiger partial charge < -0.3 is 4.74 Å². The summed E-state index contributed by atoms with van der Waals surface area (Å²) in [6, 6.07) is 0.767. The molecule has 0 aliphatic carbocycles. The summed E-state index contributed by atoms with van der Waals surface area (Å²) in [6.07, 6.45) is -5.13. The highest BCUT2D eigenvalue weighted by Gasteiger charge is 2.36. The van der Waals surface area contributed by atoms with Crippen LogP contribution in [0.15, 0.2) is 6.07 Å². The van der Waals surface area contributed by atoms with E-state index < -0.39 is 29.5 Å². The van der Waals surface area contributed by atoms with E-state index in [0.29, 0.717) is 0 Å². The van der Waals surface area contributed by atoms with Crippen LogP contribution < -0.4 is 4.74 Å². The van der Waals surface area contributed by atoms with E-state index in [-0.39, 0.29) is 9.26 Å². The maximum atomic E-state index is 12.4. The summed E-state index contributed by atoms with van der Waals surface area (Å²) < 4.78 is 51.6. The zero-order chi connectivity index (χ0) is 13.2. The van der Waals surface area contributed by atoms with Crippen molar-refractivity contribution >= 4 is 28.3 Å². The molecule has 94 valence electrons. The van der Waals surface area contributed by atoms with Crippen LogP contribution in [-0.4, -0.2) is 16.3 Å². The predicted octanol–water partition coefficient (Wildman–Crippen LogP) is 2.96. The van der Waals surface area contributed by atoms with Gasteiger partial charge in [0.15, 0.2) is 0 Å². The van der Waals surface area contributed by atoms with Crippen LogP contribution in [0.1, 0.15) is 5.69 Å². The molecule has 5 nitrogen and oxygen atoms in total. The van der Waals surface area contributed by atoms with Crippen LogP contribution in [0.3, 0.4) is 0 Å². The Morgan fingerprint density at radius 3 is 2.53 bits per heavy atom. The Morgan fingerprint density at radius 1 is 1.53 bits per heavy atom. The van der Waals surface area contributed by atoms with Gasteiger partial charge >= 0.3 is 17.9 Å². The predicted molar refractivity (Wildman–Crippen MR) is 55.1 cm³/mol. The van der Waals surface area contributed by atoms with Gasteiger partial charge in [-0.2, -0.15) is 0 Å². The fourth-order valence-electron chi connectivity index (χ4n) is 0.908. The Labute approximate surface area is 105 Å². The molecule has 0 aliphatic heterocycles. The first-order valence-corrected chi connectivity index (χ1v) is 4.98. The van der Waals surface area contributed by atoms with Gasteiger partial charge in [-0.05, 0) is 22.6 Å². The maximum absolute atomic E-state index is 12.4. The summed E-state index contributed by atoms with van der Waals surface area (Å²) in [6.45, 7) is -1.15. The van der Waals surface area contributed by atoms with Crippen molar-refractivity contribution in [1.82, 2.24) is 4.98 Å². The zero-order valence-corrected chi connectivity index (χ0v) is 9.95. The minimum atomic E-state index is -5.13. The minimum Gasteiger partial charge on any atom is -0.381 e. The molecule has 1 aromatic rings. The Morgan fingerprint density at radius 2 is 2.12 bits per heavy atom. The number of halogens is 5. The fraction of sp³-hybridized carbons (Fsp3) is 0.286. The fourth-order valence-corrected chi connectivity index (χ4v) is 1.47. The highest BCUT2D eigenvalue weighted by molar-refractivity contribution is 14.1. The molecule has 0 fully saturated rings. The van der Waals surface area contributed by atoms with Gasteiger partial charge in [-0.25, -0.2) is 9.37 Å². The van der Waals surface area contributed by atoms with Gasteiger partial charge in [0, 0.05) is 9.64 Å². The number of alkyl halides is 4. The van der Waals surface area contributed by atoms with Crippen LogP contribution in [0.4, 0.5) is 23.2 Å². The minimum absolute atomic E-state index is 0.0475. The molecule has 0 unspecified atom stereocenters. The molecule has 10 heteroatoms. The Hall–Kier alpha value is -1.20. The number of hydrogen-bond donors (Lipinski definition) is 0. The smallest absolute Gasteiger partial charge is 0.381 e. The van der Waals surface area contributed by atoms with E-state index in [9.17, 15) is 27.7 Å². The molecule has 0 amide bonds. The molecule has 0 N–H and O–H groups in total. The maximum Gasteiger partial charge on any atom is 0.574 e. The summed E-state index contributed by atoms with van der Waals surface area (Å²) >= 11 is 1.53. The lowest BCUT2D eigenvalue weighted by molar-refractivity contribution is -0.389. The van der Waals surface area contributed by atoms with Gasteiger partial charge in [-0.3, -0.25) is 10.1 Å². The Balaban J connectivity index is 3.29. The summed E-state index contributed by atoms with van der Waals surface area (Å²) in [5.41, 5.74) is -1.32. The van der Waals surface area contributed by atoms with E-state index >= 15 is 0 Å². The van der Waals surface area contributed by atoms with E-state index in [4.69, 9.17) is 0 Å². The molecule has 0 saturated heterocycles. The standard InChI is InChI=1S/C7H3F4IN2O3/c8-2-4-3(12)1-5(14(15)16)6(13-4)17-7(9,10)11/h1H,2H2. The van der Waals surface area contributed by atoms with Crippen molar-refractivity contribution in [2.45, 2.75) is 13.0 Å². The first kappa shape index (κ1) is 13.9. The molecule has 0 bridgehead atoms. The van der Waals surface area contributed by atoms with Crippen LogP contribution in [0.25, 0.3) is 0 Å². The number of nitrogens with zero attached hydrogens (tertiary/aromatic N) is 2. The third-order valence-electron chi connectivity index (χ3n) is 1.53.